The molecule has 0 aromatic heterocycles. The quantitative estimate of drug-likeness (QED) is 0.806. The summed E-state index contributed by atoms with van der Waals surface area (Å²) in [6.45, 7) is 1.60. The van der Waals surface area contributed by atoms with Crippen molar-refractivity contribution in [2.45, 2.75) is 13.1 Å². The van der Waals surface area contributed by atoms with Gasteiger partial charge in [0.2, 0.25) is 0 Å². The van der Waals surface area contributed by atoms with Crippen molar-refractivity contribution in [1.29, 1.82) is 0 Å². The minimum atomic E-state index is -1.02. The highest BCUT2D eigenvalue weighted by Crippen LogP contribution is 2.18. The minimum Gasteiger partial charge on any atom is -0.478 e. The second-order valence-corrected chi connectivity index (χ2v) is 4.93. The number of rotatable bonds is 3. The van der Waals surface area contributed by atoms with E-state index in [9.17, 15) is 9.59 Å². The van der Waals surface area contributed by atoms with E-state index >= 15 is 0 Å². The van der Waals surface area contributed by atoms with Gasteiger partial charge in [0.25, 0.3) is 5.91 Å². The van der Waals surface area contributed by atoms with Crippen molar-refractivity contribution in [3.63, 3.8) is 0 Å². The molecule has 106 valence electrons. The van der Waals surface area contributed by atoms with Crippen LogP contribution >= 0.6 is 0 Å². The molecule has 5 heteroatoms. The number of anilines is 1. The number of aromatic carboxylic acids is 1. The van der Waals surface area contributed by atoms with Crippen LogP contribution in [0.25, 0.3) is 0 Å². The Labute approximate surface area is 121 Å². The number of carbonyl (C=O) groups is 2. The van der Waals surface area contributed by atoms with Crippen molar-refractivity contribution >= 4 is 17.6 Å². The SMILES string of the molecule is O=C(O)c1cccc(NC(=O)c2ccc3c(c2)CNC3)c1. The van der Waals surface area contributed by atoms with Crippen LogP contribution in [-0.4, -0.2) is 17.0 Å². The van der Waals surface area contributed by atoms with Crippen molar-refractivity contribution in [2.24, 2.45) is 0 Å². The Morgan fingerprint density at radius 3 is 2.62 bits per heavy atom. The van der Waals surface area contributed by atoms with E-state index in [1.807, 2.05) is 12.1 Å². The van der Waals surface area contributed by atoms with E-state index in [0.717, 1.165) is 18.7 Å². The summed E-state index contributed by atoms with van der Waals surface area (Å²) in [6.07, 6.45) is 0. The van der Waals surface area contributed by atoms with E-state index in [-0.39, 0.29) is 11.5 Å². The standard InChI is InChI=1S/C16H14N2O3/c19-15(10-4-5-12-8-17-9-13(12)6-10)18-14-3-1-2-11(7-14)16(20)21/h1-7,17H,8-9H2,(H,18,19)(H,20,21). The lowest BCUT2D eigenvalue weighted by molar-refractivity contribution is 0.0696. The van der Waals surface area contributed by atoms with Gasteiger partial charge >= 0.3 is 5.97 Å². The molecule has 3 N–H and O–H groups in total. The second-order valence-electron chi connectivity index (χ2n) is 4.93. The summed E-state index contributed by atoms with van der Waals surface area (Å²) in [7, 11) is 0. The maximum atomic E-state index is 12.2. The molecule has 0 radical (unpaired) electrons. The molecule has 1 aliphatic heterocycles. The summed E-state index contributed by atoms with van der Waals surface area (Å²) in [4.78, 5) is 23.1. The minimum absolute atomic E-state index is 0.144. The molecule has 0 bridgehead atoms. The fourth-order valence-corrected chi connectivity index (χ4v) is 2.37. The highest BCUT2D eigenvalue weighted by atomic mass is 16.4. The topological polar surface area (TPSA) is 78.4 Å². The Morgan fingerprint density at radius 2 is 1.81 bits per heavy atom. The number of benzene rings is 2. The number of carboxylic acid groups (broad SMARTS) is 1. The van der Waals surface area contributed by atoms with Crippen LogP contribution in [0.2, 0.25) is 0 Å². The van der Waals surface area contributed by atoms with Crippen LogP contribution in [-0.2, 0) is 13.1 Å². The van der Waals surface area contributed by atoms with Gasteiger partial charge < -0.3 is 15.7 Å². The maximum Gasteiger partial charge on any atom is 0.335 e. The lowest BCUT2D eigenvalue weighted by Gasteiger charge is -2.07. The van der Waals surface area contributed by atoms with E-state index in [4.69, 9.17) is 5.11 Å². The summed E-state index contributed by atoms with van der Waals surface area (Å²) >= 11 is 0. The third-order valence-electron chi connectivity index (χ3n) is 3.47. The molecule has 2 aromatic rings. The number of amides is 1. The van der Waals surface area contributed by atoms with Gasteiger partial charge in [0, 0.05) is 24.3 Å². The molecule has 0 saturated carbocycles. The summed E-state index contributed by atoms with van der Waals surface area (Å²) in [5.74, 6) is -1.26. The van der Waals surface area contributed by atoms with Crippen molar-refractivity contribution < 1.29 is 14.7 Å². The molecule has 3 rings (SSSR count). The zero-order valence-corrected chi connectivity index (χ0v) is 11.2. The van der Waals surface area contributed by atoms with Crippen molar-refractivity contribution in [3.8, 4) is 0 Å². The van der Waals surface area contributed by atoms with Crippen molar-refractivity contribution in [3.05, 3.63) is 64.7 Å². The number of carbonyl (C=O) groups excluding carboxylic acids is 1. The average molecular weight is 282 g/mol. The van der Waals surface area contributed by atoms with Crippen molar-refractivity contribution in [2.75, 3.05) is 5.32 Å². The molecule has 0 fully saturated rings. The zero-order valence-electron chi connectivity index (χ0n) is 11.2. The summed E-state index contributed by atoms with van der Waals surface area (Å²) in [5, 5.41) is 14.9. The number of hydrogen-bond acceptors (Lipinski definition) is 3. The number of hydrogen-bond donors (Lipinski definition) is 3. The van der Waals surface area contributed by atoms with Crippen LogP contribution in [0.5, 0.6) is 0 Å². The second kappa shape index (κ2) is 5.38. The number of nitrogens with one attached hydrogen (secondary N) is 2. The molecule has 0 atom stereocenters. The summed E-state index contributed by atoms with van der Waals surface area (Å²) < 4.78 is 0. The molecule has 0 unspecified atom stereocenters. The smallest absolute Gasteiger partial charge is 0.335 e. The Bertz CT molecular complexity index is 725. The monoisotopic (exact) mass is 282 g/mol. The van der Waals surface area contributed by atoms with Gasteiger partial charge in [-0.15, -0.1) is 0 Å². The van der Waals surface area contributed by atoms with Crippen LogP contribution in [0.4, 0.5) is 5.69 Å². The predicted molar refractivity (Wildman–Crippen MR) is 78.3 cm³/mol. The first-order chi connectivity index (χ1) is 10.1. The molecule has 1 amide bonds. The highest BCUT2D eigenvalue weighted by molar-refractivity contribution is 6.05. The van der Waals surface area contributed by atoms with Crippen LogP contribution in [0.1, 0.15) is 31.8 Å². The molecule has 0 aliphatic carbocycles. The molecule has 21 heavy (non-hydrogen) atoms. The lowest BCUT2D eigenvalue weighted by atomic mass is 10.1. The fraction of sp³-hybridized carbons (Fsp3) is 0.125. The zero-order chi connectivity index (χ0) is 14.8. The third-order valence-corrected chi connectivity index (χ3v) is 3.47. The van der Waals surface area contributed by atoms with Gasteiger partial charge in [-0.2, -0.15) is 0 Å². The van der Waals surface area contributed by atoms with Gasteiger partial charge in [0.1, 0.15) is 0 Å². The first-order valence-corrected chi connectivity index (χ1v) is 6.61. The van der Waals surface area contributed by atoms with Crippen LogP contribution < -0.4 is 10.6 Å². The summed E-state index contributed by atoms with van der Waals surface area (Å²) in [6, 6.07) is 11.8. The lowest BCUT2D eigenvalue weighted by Crippen LogP contribution is -2.12. The first kappa shape index (κ1) is 13.3. The Balaban J connectivity index is 1.80. The summed E-state index contributed by atoms with van der Waals surface area (Å²) in [5.41, 5.74) is 3.52. The maximum absolute atomic E-state index is 12.2. The van der Waals surface area contributed by atoms with Gasteiger partial charge in [-0.1, -0.05) is 12.1 Å². The predicted octanol–water partition coefficient (Wildman–Crippen LogP) is 2.24. The van der Waals surface area contributed by atoms with Crippen LogP contribution in [0, 0.1) is 0 Å². The molecular weight excluding hydrogens is 268 g/mol. The average Bonchev–Trinajstić information content (AvgIpc) is 2.94. The Hall–Kier alpha value is -2.66. The van der Waals surface area contributed by atoms with E-state index in [2.05, 4.69) is 10.6 Å². The first-order valence-electron chi connectivity index (χ1n) is 6.61. The molecule has 0 spiro atoms. The Kier molecular flexibility index (Phi) is 3.41. The van der Waals surface area contributed by atoms with Gasteiger partial charge in [-0.25, -0.2) is 4.79 Å². The molecular formula is C16H14N2O3. The molecule has 2 aromatic carbocycles. The number of carboxylic acids is 1. The van der Waals surface area contributed by atoms with E-state index < -0.39 is 5.97 Å². The van der Waals surface area contributed by atoms with E-state index in [1.165, 1.54) is 17.7 Å². The molecule has 0 saturated heterocycles. The molecule has 5 nitrogen and oxygen atoms in total. The van der Waals surface area contributed by atoms with E-state index in [0.29, 0.717) is 11.3 Å². The number of fused-ring (bicyclic) bond motifs is 1. The highest BCUT2D eigenvalue weighted by Gasteiger charge is 2.14. The van der Waals surface area contributed by atoms with Crippen LogP contribution in [0.15, 0.2) is 42.5 Å². The Morgan fingerprint density at radius 1 is 1.00 bits per heavy atom. The third kappa shape index (κ3) is 2.78. The van der Waals surface area contributed by atoms with E-state index in [1.54, 1.807) is 18.2 Å². The largest absolute Gasteiger partial charge is 0.478 e. The van der Waals surface area contributed by atoms with Gasteiger partial charge in [-0.3, -0.25) is 4.79 Å². The van der Waals surface area contributed by atoms with Crippen molar-refractivity contribution in [1.82, 2.24) is 5.32 Å². The fourth-order valence-electron chi connectivity index (χ4n) is 2.37. The van der Waals surface area contributed by atoms with Gasteiger partial charge in [0.05, 0.1) is 5.56 Å². The van der Waals surface area contributed by atoms with Crippen LogP contribution in [0.3, 0.4) is 0 Å². The normalized spacial score (nSPS) is 12.8. The van der Waals surface area contributed by atoms with Gasteiger partial charge in [-0.05, 0) is 41.5 Å². The molecule has 1 aliphatic rings. The molecule has 1 heterocycles. The van der Waals surface area contributed by atoms with Gasteiger partial charge in [0.15, 0.2) is 0 Å².